The summed E-state index contributed by atoms with van der Waals surface area (Å²) in [6.07, 6.45) is 6.49. The molecule has 0 bridgehead atoms. The van der Waals surface area contributed by atoms with E-state index in [0.29, 0.717) is 12.1 Å². The first kappa shape index (κ1) is 14.1. The quantitative estimate of drug-likeness (QED) is 0.759. The average molecular weight is 294 g/mol. The van der Waals surface area contributed by atoms with Gasteiger partial charge >= 0.3 is 0 Å². The summed E-state index contributed by atoms with van der Waals surface area (Å²) in [6.45, 7) is 2.49. The van der Waals surface area contributed by atoms with Crippen molar-refractivity contribution in [3.63, 3.8) is 0 Å². The Labute approximate surface area is 129 Å². The maximum Gasteiger partial charge on any atom is 0.251 e. The second kappa shape index (κ2) is 6.30. The molecule has 0 radical (unpaired) electrons. The molecule has 1 aromatic carbocycles. The van der Waals surface area contributed by atoms with E-state index < -0.39 is 0 Å². The Kier molecular flexibility index (Phi) is 4.05. The molecular formula is C17H18N4O. The van der Waals surface area contributed by atoms with Crippen molar-refractivity contribution in [3.05, 3.63) is 72.1 Å². The number of aromatic amines is 1. The topological polar surface area (TPSA) is 62.7 Å². The zero-order chi connectivity index (χ0) is 15.4. The van der Waals surface area contributed by atoms with E-state index in [-0.39, 0.29) is 5.91 Å². The molecule has 1 amide bonds. The van der Waals surface area contributed by atoms with Gasteiger partial charge in [-0.1, -0.05) is 0 Å². The van der Waals surface area contributed by atoms with E-state index in [0.717, 1.165) is 23.6 Å². The van der Waals surface area contributed by atoms with Crippen LogP contribution in [0.3, 0.4) is 0 Å². The fraction of sp³-hybridized carbons (Fsp3) is 0.176. The molecule has 2 aromatic heterocycles. The van der Waals surface area contributed by atoms with Crippen molar-refractivity contribution in [2.75, 3.05) is 6.54 Å². The van der Waals surface area contributed by atoms with Gasteiger partial charge < -0.3 is 14.9 Å². The highest BCUT2D eigenvalue weighted by Crippen LogP contribution is 2.10. The number of hydrogen-bond acceptors (Lipinski definition) is 2. The molecule has 0 unspecified atom stereocenters. The second-order valence-electron chi connectivity index (χ2n) is 5.14. The van der Waals surface area contributed by atoms with Crippen molar-refractivity contribution in [1.82, 2.24) is 19.9 Å². The van der Waals surface area contributed by atoms with Crippen LogP contribution in [0.4, 0.5) is 0 Å². The van der Waals surface area contributed by atoms with Gasteiger partial charge in [-0.25, -0.2) is 4.98 Å². The lowest BCUT2D eigenvalue weighted by Gasteiger charge is -2.06. The third kappa shape index (κ3) is 3.25. The average Bonchev–Trinajstić information content (AvgIpc) is 3.19. The van der Waals surface area contributed by atoms with Gasteiger partial charge in [0.1, 0.15) is 5.82 Å². The van der Waals surface area contributed by atoms with E-state index in [2.05, 4.69) is 15.3 Å². The number of aromatic nitrogens is 3. The van der Waals surface area contributed by atoms with E-state index in [9.17, 15) is 4.79 Å². The van der Waals surface area contributed by atoms with Crippen LogP contribution < -0.4 is 5.32 Å². The maximum absolute atomic E-state index is 12.1. The van der Waals surface area contributed by atoms with E-state index >= 15 is 0 Å². The molecule has 3 rings (SSSR count). The van der Waals surface area contributed by atoms with Gasteiger partial charge in [-0.3, -0.25) is 4.79 Å². The molecule has 22 heavy (non-hydrogen) atoms. The smallest absolute Gasteiger partial charge is 0.251 e. The summed E-state index contributed by atoms with van der Waals surface area (Å²) >= 11 is 0. The lowest BCUT2D eigenvalue weighted by Crippen LogP contribution is -2.25. The number of hydrogen-bond donors (Lipinski definition) is 2. The van der Waals surface area contributed by atoms with Gasteiger partial charge in [-0.15, -0.1) is 0 Å². The highest BCUT2D eigenvalue weighted by atomic mass is 16.1. The van der Waals surface area contributed by atoms with Crippen LogP contribution in [0.2, 0.25) is 0 Å². The predicted molar refractivity (Wildman–Crippen MR) is 85.1 cm³/mol. The van der Waals surface area contributed by atoms with Crippen LogP contribution >= 0.6 is 0 Å². The molecule has 0 aliphatic heterocycles. The Morgan fingerprint density at radius 3 is 2.59 bits per heavy atom. The number of carbonyl (C=O) groups is 1. The summed E-state index contributed by atoms with van der Waals surface area (Å²) in [6, 6.07) is 11.5. The van der Waals surface area contributed by atoms with Crippen molar-refractivity contribution >= 4 is 5.91 Å². The molecule has 5 heteroatoms. The van der Waals surface area contributed by atoms with Crippen molar-refractivity contribution in [2.24, 2.45) is 0 Å². The molecule has 0 saturated heterocycles. The van der Waals surface area contributed by atoms with Crippen molar-refractivity contribution in [1.29, 1.82) is 0 Å². The zero-order valence-corrected chi connectivity index (χ0v) is 12.4. The number of nitrogens with zero attached hydrogens (tertiary/aromatic N) is 2. The Morgan fingerprint density at radius 1 is 1.23 bits per heavy atom. The van der Waals surface area contributed by atoms with E-state index in [1.165, 1.54) is 0 Å². The Balaban J connectivity index is 1.56. The number of benzene rings is 1. The summed E-state index contributed by atoms with van der Waals surface area (Å²) in [5.41, 5.74) is 2.73. The Hall–Kier alpha value is -2.82. The summed E-state index contributed by atoms with van der Waals surface area (Å²) in [4.78, 5) is 19.4. The normalized spacial score (nSPS) is 10.6. The summed E-state index contributed by atoms with van der Waals surface area (Å²) in [5.74, 6) is 0.831. The minimum Gasteiger partial charge on any atom is -0.352 e. The molecular weight excluding hydrogens is 276 g/mol. The minimum atomic E-state index is -0.0599. The van der Waals surface area contributed by atoms with E-state index in [4.69, 9.17) is 0 Å². The largest absolute Gasteiger partial charge is 0.352 e. The highest BCUT2D eigenvalue weighted by Gasteiger charge is 2.05. The standard InChI is InChI=1S/C17H18N4O/c1-13-19-12-15(20-13)8-9-18-17(22)14-4-6-16(7-5-14)21-10-2-3-11-21/h2-7,10-12H,8-9H2,1H3,(H,18,22)(H,19,20). The number of imidazole rings is 1. The number of nitrogens with one attached hydrogen (secondary N) is 2. The molecule has 0 spiro atoms. The van der Waals surface area contributed by atoms with Gasteiger partial charge in [0.15, 0.2) is 0 Å². The summed E-state index contributed by atoms with van der Waals surface area (Å²) in [5, 5.41) is 2.92. The Bertz CT molecular complexity index is 741. The first-order valence-electron chi connectivity index (χ1n) is 7.24. The number of carbonyl (C=O) groups excluding carboxylic acids is 1. The lowest BCUT2D eigenvalue weighted by molar-refractivity contribution is 0.0954. The fourth-order valence-corrected chi connectivity index (χ4v) is 2.30. The van der Waals surface area contributed by atoms with Gasteiger partial charge in [0.2, 0.25) is 0 Å². The maximum atomic E-state index is 12.1. The zero-order valence-electron chi connectivity index (χ0n) is 12.4. The predicted octanol–water partition coefficient (Wildman–Crippen LogP) is 2.48. The second-order valence-corrected chi connectivity index (χ2v) is 5.14. The van der Waals surface area contributed by atoms with Crippen LogP contribution in [-0.2, 0) is 6.42 Å². The van der Waals surface area contributed by atoms with E-state index in [1.54, 1.807) is 6.20 Å². The monoisotopic (exact) mass is 294 g/mol. The lowest BCUT2D eigenvalue weighted by atomic mass is 10.2. The summed E-state index contributed by atoms with van der Waals surface area (Å²) in [7, 11) is 0. The van der Waals surface area contributed by atoms with Crippen LogP contribution in [0.15, 0.2) is 55.0 Å². The SMILES string of the molecule is Cc1ncc(CCNC(=O)c2ccc(-n3cccc3)cc2)[nH]1. The molecule has 0 atom stereocenters. The highest BCUT2D eigenvalue weighted by molar-refractivity contribution is 5.94. The molecule has 2 heterocycles. The van der Waals surface area contributed by atoms with Gasteiger partial charge in [0.05, 0.1) is 0 Å². The molecule has 3 aromatic rings. The molecule has 5 nitrogen and oxygen atoms in total. The van der Waals surface area contributed by atoms with Crippen LogP contribution in [-0.4, -0.2) is 27.0 Å². The molecule has 0 saturated carbocycles. The van der Waals surface area contributed by atoms with Crippen molar-refractivity contribution in [3.8, 4) is 5.69 Å². The van der Waals surface area contributed by atoms with Crippen LogP contribution in [0.1, 0.15) is 21.9 Å². The molecule has 0 aliphatic rings. The fourth-order valence-electron chi connectivity index (χ4n) is 2.30. The molecule has 2 N–H and O–H groups in total. The third-order valence-electron chi connectivity index (χ3n) is 3.47. The summed E-state index contributed by atoms with van der Waals surface area (Å²) < 4.78 is 2.00. The van der Waals surface area contributed by atoms with Gasteiger partial charge in [-0.2, -0.15) is 0 Å². The van der Waals surface area contributed by atoms with Gasteiger partial charge in [0, 0.05) is 48.5 Å². The van der Waals surface area contributed by atoms with Crippen molar-refractivity contribution < 1.29 is 4.79 Å². The number of aryl methyl sites for hydroxylation is 1. The van der Waals surface area contributed by atoms with Crippen LogP contribution in [0, 0.1) is 6.92 Å². The molecule has 0 fully saturated rings. The number of H-pyrrole nitrogens is 1. The van der Waals surface area contributed by atoms with Crippen LogP contribution in [0.25, 0.3) is 5.69 Å². The molecule has 112 valence electrons. The minimum absolute atomic E-state index is 0.0599. The first-order valence-corrected chi connectivity index (χ1v) is 7.24. The van der Waals surface area contributed by atoms with Gasteiger partial charge in [-0.05, 0) is 43.3 Å². The Morgan fingerprint density at radius 2 is 1.95 bits per heavy atom. The number of rotatable bonds is 5. The number of amides is 1. The van der Waals surface area contributed by atoms with Crippen molar-refractivity contribution in [2.45, 2.75) is 13.3 Å². The molecule has 0 aliphatic carbocycles. The van der Waals surface area contributed by atoms with Crippen LogP contribution in [0.5, 0.6) is 0 Å². The third-order valence-corrected chi connectivity index (χ3v) is 3.47. The van der Waals surface area contributed by atoms with E-state index in [1.807, 2.05) is 60.3 Å². The first-order chi connectivity index (χ1) is 10.7. The van der Waals surface area contributed by atoms with Gasteiger partial charge in [0.25, 0.3) is 5.91 Å².